The normalized spacial score (nSPS) is 26.4. The Kier molecular flexibility index (Phi) is 5.42. The number of amides is 3. The van der Waals surface area contributed by atoms with Crippen molar-refractivity contribution in [2.24, 2.45) is 0 Å². The lowest BCUT2D eigenvalue weighted by Gasteiger charge is -2.36. The standard InChI is InChI=1S/C21H28N4O4/c1-21(2)12-23-15(11-29-21)9-22-8-13-4-3-5-14-10-25(20(28)18(13)14)16-6-7-17(26)24-19(16)27/h3-5,15-16,22-23H,6-12H2,1-2H3,(H,24,26,27). The highest BCUT2D eigenvalue weighted by molar-refractivity contribution is 6.05. The molecular formula is C21H28N4O4. The fraction of sp³-hybridized carbons (Fsp3) is 0.571. The van der Waals surface area contributed by atoms with E-state index in [9.17, 15) is 14.4 Å². The van der Waals surface area contributed by atoms with E-state index < -0.39 is 6.04 Å². The molecule has 2 saturated heterocycles. The van der Waals surface area contributed by atoms with Crippen molar-refractivity contribution >= 4 is 17.7 Å². The lowest BCUT2D eigenvalue weighted by Crippen LogP contribution is -2.54. The van der Waals surface area contributed by atoms with Crippen molar-refractivity contribution in [2.75, 3.05) is 19.7 Å². The van der Waals surface area contributed by atoms with Crippen LogP contribution in [-0.4, -0.2) is 60.0 Å². The first-order chi connectivity index (χ1) is 13.8. The molecule has 0 radical (unpaired) electrons. The summed E-state index contributed by atoms with van der Waals surface area (Å²) in [6, 6.07) is 5.48. The predicted octanol–water partition coefficient (Wildman–Crippen LogP) is 0.304. The Morgan fingerprint density at radius 3 is 2.83 bits per heavy atom. The van der Waals surface area contributed by atoms with Crippen LogP contribution in [0.2, 0.25) is 0 Å². The second-order valence-electron chi connectivity index (χ2n) is 8.63. The highest BCUT2D eigenvalue weighted by atomic mass is 16.5. The summed E-state index contributed by atoms with van der Waals surface area (Å²) >= 11 is 0. The molecule has 0 saturated carbocycles. The number of carbonyl (C=O) groups excluding carboxylic acids is 3. The van der Waals surface area contributed by atoms with E-state index >= 15 is 0 Å². The van der Waals surface area contributed by atoms with Crippen LogP contribution >= 0.6 is 0 Å². The van der Waals surface area contributed by atoms with Crippen molar-refractivity contribution in [3.63, 3.8) is 0 Å². The summed E-state index contributed by atoms with van der Waals surface area (Å²) in [4.78, 5) is 38.3. The molecule has 0 aliphatic carbocycles. The number of hydrogen-bond acceptors (Lipinski definition) is 6. The second kappa shape index (κ2) is 7.85. The second-order valence-corrected chi connectivity index (χ2v) is 8.63. The van der Waals surface area contributed by atoms with Gasteiger partial charge in [0.1, 0.15) is 6.04 Å². The van der Waals surface area contributed by atoms with Crippen LogP contribution in [0.15, 0.2) is 18.2 Å². The summed E-state index contributed by atoms with van der Waals surface area (Å²) in [5.74, 6) is -0.787. The molecule has 0 aromatic heterocycles. The van der Waals surface area contributed by atoms with Gasteiger partial charge in [-0.15, -0.1) is 0 Å². The summed E-state index contributed by atoms with van der Waals surface area (Å²) in [5.41, 5.74) is 2.40. The molecule has 2 fully saturated rings. The minimum Gasteiger partial charge on any atom is -0.373 e. The number of fused-ring (bicyclic) bond motifs is 1. The van der Waals surface area contributed by atoms with Crippen molar-refractivity contribution in [3.05, 3.63) is 34.9 Å². The largest absolute Gasteiger partial charge is 0.373 e. The van der Waals surface area contributed by atoms with Crippen LogP contribution in [0.25, 0.3) is 0 Å². The molecule has 156 valence electrons. The van der Waals surface area contributed by atoms with E-state index in [1.54, 1.807) is 4.90 Å². The number of imide groups is 1. The van der Waals surface area contributed by atoms with E-state index in [2.05, 4.69) is 29.8 Å². The van der Waals surface area contributed by atoms with Gasteiger partial charge in [0, 0.05) is 44.2 Å². The third-order valence-electron chi connectivity index (χ3n) is 5.84. The number of hydrogen-bond donors (Lipinski definition) is 3. The number of nitrogens with one attached hydrogen (secondary N) is 3. The molecule has 1 aromatic carbocycles. The number of piperidine rings is 1. The SMILES string of the molecule is CC1(C)CNC(CNCc2cccc3c2C(=O)N(C2CCC(=O)NC2=O)C3)CO1. The Hall–Kier alpha value is -2.29. The van der Waals surface area contributed by atoms with Gasteiger partial charge in [0.15, 0.2) is 0 Å². The molecule has 0 bridgehead atoms. The Morgan fingerprint density at radius 2 is 2.10 bits per heavy atom. The van der Waals surface area contributed by atoms with E-state index in [1.165, 1.54) is 0 Å². The van der Waals surface area contributed by atoms with Gasteiger partial charge in [0.05, 0.1) is 12.2 Å². The quantitative estimate of drug-likeness (QED) is 0.615. The average Bonchev–Trinajstić information content (AvgIpc) is 3.00. The van der Waals surface area contributed by atoms with Crippen LogP contribution in [0, 0.1) is 0 Å². The van der Waals surface area contributed by atoms with Gasteiger partial charge in [-0.3, -0.25) is 19.7 Å². The molecule has 3 amide bonds. The van der Waals surface area contributed by atoms with Gasteiger partial charge >= 0.3 is 0 Å². The van der Waals surface area contributed by atoms with Crippen LogP contribution in [0.4, 0.5) is 0 Å². The minimum atomic E-state index is -0.583. The molecule has 2 atom stereocenters. The van der Waals surface area contributed by atoms with Gasteiger partial charge in [-0.1, -0.05) is 18.2 Å². The summed E-state index contributed by atoms with van der Waals surface area (Å²) < 4.78 is 5.85. The van der Waals surface area contributed by atoms with E-state index in [4.69, 9.17) is 4.74 Å². The van der Waals surface area contributed by atoms with Crippen LogP contribution in [0.3, 0.4) is 0 Å². The van der Waals surface area contributed by atoms with Crippen LogP contribution < -0.4 is 16.0 Å². The molecule has 3 aliphatic heterocycles. The number of ether oxygens (including phenoxy) is 1. The molecule has 4 rings (SSSR count). The van der Waals surface area contributed by atoms with Crippen molar-refractivity contribution in [2.45, 2.75) is 57.5 Å². The van der Waals surface area contributed by atoms with Crippen molar-refractivity contribution in [3.8, 4) is 0 Å². The van der Waals surface area contributed by atoms with Crippen molar-refractivity contribution in [1.29, 1.82) is 0 Å². The molecule has 3 N–H and O–H groups in total. The number of morpholine rings is 1. The van der Waals surface area contributed by atoms with Gasteiger partial charge in [-0.05, 0) is 31.4 Å². The Bertz CT molecular complexity index is 828. The third kappa shape index (κ3) is 4.19. The van der Waals surface area contributed by atoms with E-state index in [1.807, 2.05) is 18.2 Å². The third-order valence-corrected chi connectivity index (χ3v) is 5.84. The molecule has 0 spiro atoms. The Morgan fingerprint density at radius 1 is 1.28 bits per heavy atom. The number of nitrogens with zero attached hydrogens (tertiary/aromatic N) is 1. The Labute approximate surface area is 170 Å². The molecule has 3 aliphatic rings. The smallest absolute Gasteiger partial charge is 0.255 e. The highest BCUT2D eigenvalue weighted by Gasteiger charge is 2.39. The van der Waals surface area contributed by atoms with Gasteiger partial charge in [-0.2, -0.15) is 0 Å². The summed E-state index contributed by atoms with van der Waals surface area (Å²) in [6.07, 6.45) is 0.639. The van der Waals surface area contributed by atoms with Gasteiger partial charge in [0.25, 0.3) is 5.91 Å². The zero-order valence-corrected chi connectivity index (χ0v) is 16.9. The highest BCUT2D eigenvalue weighted by Crippen LogP contribution is 2.29. The number of carbonyl (C=O) groups is 3. The minimum absolute atomic E-state index is 0.132. The molecule has 1 aromatic rings. The summed E-state index contributed by atoms with van der Waals surface area (Å²) in [5, 5.41) is 9.24. The zero-order chi connectivity index (χ0) is 20.6. The topological polar surface area (TPSA) is 99.8 Å². The predicted molar refractivity (Wildman–Crippen MR) is 106 cm³/mol. The summed E-state index contributed by atoms with van der Waals surface area (Å²) in [6.45, 7) is 7.30. The van der Waals surface area contributed by atoms with Crippen molar-refractivity contribution < 1.29 is 19.1 Å². The molecule has 29 heavy (non-hydrogen) atoms. The molecule has 8 nitrogen and oxygen atoms in total. The van der Waals surface area contributed by atoms with E-state index in [-0.39, 0.29) is 35.8 Å². The molecule has 3 heterocycles. The van der Waals surface area contributed by atoms with Crippen LogP contribution in [-0.2, 0) is 27.4 Å². The Balaban J connectivity index is 1.39. The van der Waals surface area contributed by atoms with Gasteiger partial charge < -0.3 is 20.3 Å². The van der Waals surface area contributed by atoms with Crippen LogP contribution in [0.5, 0.6) is 0 Å². The molecule has 2 unspecified atom stereocenters. The maximum absolute atomic E-state index is 13.1. The fourth-order valence-electron chi connectivity index (χ4n) is 4.18. The molecule has 8 heteroatoms. The lowest BCUT2D eigenvalue weighted by atomic mass is 10.0. The fourth-order valence-corrected chi connectivity index (χ4v) is 4.18. The maximum Gasteiger partial charge on any atom is 0.255 e. The van der Waals surface area contributed by atoms with Crippen LogP contribution in [0.1, 0.15) is 48.2 Å². The maximum atomic E-state index is 13.1. The number of benzene rings is 1. The number of rotatable bonds is 5. The zero-order valence-electron chi connectivity index (χ0n) is 16.9. The average molecular weight is 400 g/mol. The van der Waals surface area contributed by atoms with Crippen molar-refractivity contribution in [1.82, 2.24) is 20.9 Å². The van der Waals surface area contributed by atoms with Gasteiger partial charge in [0.2, 0.25) is 11.8 Å². The first kappa shape index (κ1) is 20.0. The molecular weight excluding hydrogens is 372 g/mol. The first-order valence-electron chi connectivity index (χ1n) is 10.2. The van der Waals surface area contributed by atoms with E-state index in [0.717, 1.165) is 24.2 Å². The monoisotopic (exact) mass is 400 g/mol. The van der Waals surface area contributed by atoms with Gasteiger partial charge in [-0.25, -0.2) is 0 Å². The van der Waals surface area contributed by atoms with E-state index in [0.29, 0.717) is 31.7 Å². The lowest BCUT2D eigenvalue weighted by molar-refractivity contribution is -0.136. The summed E-state index contributed by atoms with van der Waals surface area (Å²) in [7, 11) is 0. The first-order valence-corrected chi connectivity index (χ1v) is 10.2.